The molecule has 0 atom stereocenters. The lowest BCUT2D eigenvalue weighted by molar-refractivity contribution is 0.150. The van der Waals surface area contributed by atoms with E-state index in [1.807, 2.05) is 50.7 Å². The number of aryl methyl sites for hydroxylation is 1. The van der Waals surface area contributed by atoms with Crippen molar-refractivity contribution in [3.05, 3.63) is 90.3 Å². The van der Waals surface area contributed by atoms with Crippen LogP contribution in [0.5, 0.6) is 0 Å². The molecule has 1 aliphatic heterocycles. The van der Waals surface area contributed by atoms with Crippen molar-refractivity contribution in [3.8, 4) is 11.1 Å². The van der Waals surface area contributed by atoms with E-state index in [0.717, 1.165) is 50.1 Å². The van der Waals surface area contributed by atoms with Gasteiger partial charge in [0.15, 0.2) is 0 Å². The van der Waals surface area contributed by atoms with Crippen LogP contribution < -0.4 is 5.32 Å². The van der Waals surface area contributed by atoms with Gasteiger partial charge >= 0.3 is 0 Å². The fourth-order valence-electron chi connectivity index (χ4n) is 3.64. The SMILES string of the molecule is C=C(NCC(F)F)/C1=C/N=C(C)\C=C/C(c2c[nH]c3ncc(-c4cnccc4C)cc23)=C\C1. The van der Waals surface area contributed by atoms with Gasteiger partial charge in [0.1, 0.15) is 5.65 Å². The Morgan fingerprint density at radius 3 is 2.85 bits per heavy atom. The second kappa shape index (κ2) is 9.73. The van der Waals surface area contributed by atoms with Crippen molar-refractivity contribution in [2.75, 3.05) is 6.54 Å². The molecule has 0 aromatic carbocycles. The Bertz CT molecular complexity index is 1310. The lowest BCUT2D eigenvalue weighted by atomic mass is 9.99. The predicted molar refractivity (Wildman–Crippen MR) is 130 cm³/mol. The topological polar surface area (TPSA) is 66.0 Å². The number of aromatic nitrogens is 3. The molecule has 0 amide bonds. The van der Waals surface area contributed by atoms with Gasteiger partial charge in [0.25, 0.3) is 6.43 Å². The summed E-state index contributed by atoms with van der Waals surface area (Å²) in [7, 11) is 0. The second-order valence-corrected chi connectivity index (χ2v) is 7.89. The molecule has 4 heterocycles. The first-order valence-electron chi connectivity index (χ1n) is 10.6. The van der Waals surface area contributed by atoms with Crippen LogP contribution in [-0.2, 0) is 0 Å². The van der Waals surface area contributed by atoms with Crippen LogP contribution >= 0.6 is 0 Å². The highest BCUT2D eigenvalue weighted by molar-refractivity contribution is 6.00. The van der Waals surface area contributed by atoms with Crippen LogP contribution in [0.3, 0.4) is 0 Å². The molecule has 0 bridgehead atoms. The first-order chi connectivity index (χ1) is 15.9. The van der Waals surface area contributed by atoms with E-state index < -0.39 is 13.0 Å². The molecule has 2 N–H and O–H groups in total. The molecular weight excluding hydrogens is 420 g/mol. The standard InChI is InChI=1S/C26H25F2N5/c1-16-8-9-29-13-23(16)21-10-22-24(14-33-26(22)32-12-21)19-5-4-17(2)30-11-20(7-6-19)18(3)31-15-25(27)28/h4-6,8-14,25,31H,3,7,15H2,1-2H3,(H,32,33)/b5-4-,19-6+,20-11+,30-17-. The van der Waals surface area contributed by atoms with E-state index in [9.17, 15) is 8.78 Å². The number of nitrogens with zero attached hydrogens (tertiary/aromatic N) is 3. The maximum atomic E-state index is 12.6. The predicted octanol–water partition coefficient (Wildman–Crippen LogP) is 5.99. The molecule has 5 nitrogen and oxygen atoms in total. The molecule has 4 rings (SSSR count). The molecule has 0 fully saturated rings. The summed E-state index contributed by atoms with van der Waals surface area (Å²) < 4.78 is 25.3. The number of halogens is 2. The van der Waals surface area contributed by atoms with Gasteiger partial charge in [-0.05, 0) is 55.2 Å². The summed E-state index contributed by atoms with van der Waals surface area (Å²) in [4.78, 5) is 16.5. The highest BCUT2D eigenvalue weighted by Crippen LogP contribution is 2.31. The molecule has 0 saturated carbocycles. The van der Waals surface area contributed by atoms with E-state index in [1.165, 1.54) is 0 Å². The molecule has 0 aliphatic carbocycles. The van der Waals surface area contributed by atoms with E-state index >= 15 is 0 Å². The van der Waals surface area contributed by atoms with Crippen molar-refractivity contribution in [1.29, 1.82) is 0 Å². The summed E-state index contributed by atoms with van der Waals surface area (Å²) >= 11 is 0. The number of rotatable bonds is 6. The van der Waals surface area contributed by atoms with Gasteiger partial charge in [0.2, 0.25) is 0 Å². The van der Waals surface area contributed by atoms with Crippen LogP contribution in [0, 0.1) is 6.92 Å². The summed E-state index contributed by atoms with van der Waals surface area (Å²) in [5.41, 5.74) is 7.91. The first kappa shape index (κ1) is 22.3. The van der Waals surface area contributed by atoms with E-state index in [-0.39, 0.29) is 0 Å². The number of alkyl halides is 2. The molecule has 3 aromatic rings. The highest BCUT2D eigenvalue weighted by Gasteiger charge is 2.13. The molecule has 0 saturated heterocycles. The van der Waals surface area contributed by atoms with Gasteiger partial charge < -0.3 is 10.3 Å². The van der Waals surface area contributed by atoms with E-state index in [2.05, 4.69) is 44.0 Å². The number of allylic oxidation sites excluding steroid dienone is 5. The number of aromatic amines is 1. The molecule has 7 heteroatoms. The Kier molecular flexibility index (Phi) is 6.58. The average molecular weight is 446 g/mol. The zero-order valence-electron chi connectivity index (χ0n) is 18.6. The molecule has 168 valence electrons. The third kappa shape index (κ3) is 5.14. The van der Waals surface area contributed by atoms with E-state index in [0.29, 0.717) is 12.1 Å². The number of fused-ring (bicyclic) bond motifs is 1. The first-order valence-corrected chi connectivity index (χ1v) is 10.6. The van der Waals surface area contributed by atoms with Crippen molar-refractivity contribution in [3.63, 3.8) is 0 Å². The number of pyridine rings is 2. The van der Waals surface area contributed by atoms with Crippen molar-refractivity contribution in [2.45, 2.75) is 26.7 Å². The van der Waals surface area contributed by atoms with Gasteiger partial charge in [-0.1, -0.05) is 18.7 Å². The number of hydrogen-bond acceptors (Lipinski definition) is 4. The molecule has 3 aromatic heterocycles. The molecule has 0 spiro atoms. The van der Waals surface area contributed by atoms with Crippen molar-refractivity contribution < 1.29 is 8.78 Å². The van der Waals surface area contributed by atoms with Gasteiger partial charge in [-0.15, -0.1) is 0 Å². The fraction of sp³-hybridized carbons (Fsp3) is 0.192. The van der Waals surface area contributed by atoms with E-state index in [4.69, 9.17) is 0 Å². The van der Waals surface area contributed by atoms with Gasteiger partial charge in [-0.3, -0.25) is 9.98 Å². The Labute approximate surface area is 191 Å². The Hall–Kier alpha value is -3.87. The lowest BCUT2D eigenvalue weighted by Gasteiger charge is -2.11. The van der Waals surface area contributed by atoms with Gasteiger partial charge in [-0.2, -0.15) is 0 Å². The Balaban J connectivity index is 1.72. The average Bonchev–Trinajstić information content (AvgIpc) is 3.25. The summed E-state index contributed by atoms with van der Waals surface area (Å²) in [6.45, 7) is 7.41. The van der Waals surface area contributed by atoms with Crippen LogP contribution in [0.1, 0.15) is 24.5 Å². The monoisotopic (exact) mass is 445 g/mol. The smallest absolute Gasteiger partial charge is 0.255 e. The van der Waals surface area contributed by atoms with Gasteiger partial charge in [0, 0.05) is 64.5 Å². The molecule has 0 radical (unpaired) electrons. The maximum Gasteiger partial charge on any atom is 0.255 e. The third-order valence-corrected chi connectivity index (χ3v) is 5.52. The normalized spacial score (nSPS) is 20.0. The Morgan fingerprint density at radius 1 is 1.21 bits per heavy atom. The minimum atomic E-state index is -2.45. The molecule has 33 heavy (non-hydrogen) atoms. The van der Waals surface area contributed by atoms with Crippen LogP contribution in [0.15, 0.2) is 84.2 Å². The number of aliphatic imine (C=N–C) groups is 1. The van der Waals surface area contributed by atoms with Gasteiger partial charge in [-0.25, -0.2) is 13.8 Å². The zero-order valence-corrected chi connectivity index (χ0v) is 18.6. The molecule has 0 unspecified atom stereocenters. The molecular formula is C26H25F2N5. The van der Waals surface area contributed by atoms with Crippen molar-refractivity contribution >= 4 is 22.3 Å². The largest absolute Gasteiger partial charge is 0.380 e. The highest BCUT2D eigenvalue weighted by atomic mass is 19.3. The van der Waals surface area contributed by atoms with Crippen molar-refractivity contribution in [1.82, 2.24) is 20.3 Å². The van der Waals surface area contributed by atoms with Crippen LogP contribution in [-0.4, -0.2) is 33.6 Å². The summed E-state index contributed by atoms with van der Waals surface area (Å²) in [5, 5.41) is 3.68. The molecule has 1 aliphatic rings. The number of hydrogen-bond donors (Lipinski definition) is 2. The van der Waals surface area contributed by atoms with Crippen molar-refractivity contribution in [2.24, 2.45) is 4.99 Å². The summed E-state index contributed by atoms with van der Waals surface area (Å²) in [6.07, 6.45) is 13.1. The van der Waals surface area contributed by atoms with Crippen LogP contribution in [0.4, 0.5) is 8.78 Å². The summed E-state index contributed by atoms with van der Waals surface area (Å²) in [5.74, 6) is 0. The maximum absolute atomic E-state index is 12.6. The van der Waals surface area contributed by atoms with Gasteiger partial charge in [0.05, 0.1) is 6.54 Å². The number of H-pyrrole nitrogens is 1. The second-order valence-electron chi connectivity index (χ2n) is 7.89. The zero-order chi connectivity index (χ0) is 23.4. The van der Waals surface area contributed by atoms with Crippen LogP contribution in [0.25, 0.3) is 27.7 Å². The summed E-state index contributed by atoms with van der Waals surface area (Å²) in [6, 6.07) is 4.09. The minimum absolute atomic E-state index is 0.444. The van der Waals surface area contributed by atoms with Crippen LogP contribution in [0.2, 0.25) is 0 Å². The quantitative estimate of drug-likeness (QED) is 0.490. The number of nitrogens with one attached hydrogen (secondary N) is 2. The fourth-order valence-corrected chi connectivity index (χ4v) is 3.64. The Morgan fingerprint density at radius 2 is 2.06 bits per heavy atom. The lowest BCUT2D eigenvalue weighted by Crippen LogP contribution is -2.21. The van der Waals surface area contributed by atoms with E-state index in [1.54, 1.807) is 12.4 Å². The minimum Gasteiger partial charge on any atom is -0.380 e. The third-order valence-electron chi connectivity index (χ3n) is 5.52.